The van der Waals surface area contributed by atoms with Crippen molar-refractivity contribution in [2.75, 3.05) is 0 Å². The predicted molar refractivity (Wildman–Crippen MR) is 122 cm³/mol. The summed E-state index contributed by atoms with van der Waals surface area (Å²) in [6.07, 6.45) is -3.43. The van der Waals surface area contributed by atoms with Crippen molar-refractivity contribution >= 4 is 10.9 Å². The van der Waals surface area contributed by atoms with Crippen molar-refractivity contribution in [2.24, 2.45) is 0 Å². The molecule has 1 N–H and O–H groups in total. The molecule has 1 aromatic heterocycles. The second kappa shape index (κ2) is 7.90. The minimum absolute atomic E-state index is 0.246. The number of fused-ring (bicyclic) bond motifs is 1. The number of rotatable bonds is 4. The smallest absolute Gasteiger partial charge is 0.372 e. The van der Waals surface area contributed by atoms with E-state index in [2.05, 4.69) is 5.10 Å². The van der Waals surface area contributed by atoms with Crippen molar-refractivity contribution in [2.45, 2.75) is 11.8 Å². The molecule has 0 saturated carbocycles. The molecule has 5 rings (SSSR count). The number of alkyl halides is 3. The second-order valence-electron chi connectivity index (χ2n) is 7.82. The van der Waals surface area contributed by atoms with Crippen LogP contribution in [0.2, 0.25) is 0 Å². The van der Waals surface area contributed by atoms with Crippen LogP contribution in [0.25, 0.3) is 27.7 Å². The molecule has 0 aliphatic carbocycles. The minimum atomic E-state index is -4.93. The largest absolute Gasteiger partial charge is 0.425 e. The summed E-state index contributed by atoms with van der Waals surface area (Å²) in [6, 6.07) is 28.7. The van der Waals surface area contributed by atoms with Gasteiger partial charge in [0.1, 0.15) is 0 Å². The van der Waals surface area contributed by atoms with Gasteiger partial charge in [0.15, 0.2) is 0 Å². The van der Waals surface area contributed by atoms with Crippen LogP contribution in [-0.2, 0) is 5.60 Å². The zero-order chi connectivity index (χ0) is 23.1. The van der Waals surface area contributed by atoms with E-state index in [-0.39, 0.29) is 11.1 Å². The number of benzene rings is 4. The molecule has 1 atom stereocenters. The molecule has 5 aromatic rings. The van der Waals surface area contributed by atoms with Gasteiger partial charge in [0.25, 0.3) is 0 Å². The lowest BCUT2D eigenvalue weighted by atomic mass is 9.84. The van der Waals surface area contributed by atoms with Gasteiger partial charge in [-0.05, 0) is 46.5 Å². The molecule has 0 spiro atoms. The molecule has 164 valence electrons. The number of halogens is 3. The summed E-state index contributed by atoms with van der Waals surface area (Å²) in [7, 11) is 0. The Hall–Kier alpha value is -3.90. The number of hydrogen-bond donors (Lipinski definition) is 1. The first-order valence-electron chi connectivity index (χ1n) is 10.4. The van der Waals surface area contributed by atoms with Crippen LogP contribution in [0, 0.1) is 0 Å². The maximum atomic E-state index is 14.3. The number of hydrogen-bond acceptors (Lipinski definition) is 2. The molecular formula is C27H19F3N2O. The molecule has 0 radical (unpaired) electrons. The Morgan fingerprint density at radius 1 is 0.667 bits per heavy atom. The third kappa shape index (κ3) is 3.58. The van der Waals surface area contributed by atoms with Gasteiger partial charge >= 0.3 is 6.18 Å². The highest BCUT2D eigenvalue weighted by Crippen LogP contribution is 2.45. The lowest BCUT2D eigenvalue weighted by Crippen LogP contribution is -2.43. The van der Waals surface area contributed by atoms with Crippen molar-refractivity contribution in [3.63, 3.8) is 0 Å². The van der Waals surface area contributed by atoms with E-state index in [4.69, 9.17) is 0 Å². The van der Waals surface area contributed by atoms with Gasteiger partial charge in [-0.15, -0.1) is 0 Å². The number of aromatic nitrogens is 2. The molecule has 4 aromatic carbocycles. The average Bonchev–Trinajstić information content (AvgIpc) is 3.27. The summed E-state index contributed by atoms with van der Waals surface area (Å²) in [6.45, 7) is 0. The maximum absolute atomic E-state index is 14.3. The molecule has 0 fully saturated rings. The molecule has 1 heterocycles. The Kier molecular flexibility index (Phi) is 5.02. The molecule has 0 amide bonds. The van der Waals surface area contributed by atoms with Gasteiger partial charge in [0, 0.05) is 5.39 Å². The Bertz CT molecular complexity index is 1390. The van der Waals surface area contributed by atoms with Gasteiger partial charge < -0.3 is 5.11 Å². The highest BCUT2D eigenvalue weighted by molar-refractivity contribution is 5.81. The molecule has 3 nitrogen and oxygen atoms in total. The number of nitrogens with zero attached hydrogens (tertiary/aromatic N) is 2. The van der Waals surface area contributed by atoms with Gasteiger partial charge in [0.2, 0.25) is 5.60 Å². The molecule has 33 heavy (non-hydrogen) atoms. The number of aliphatic hydroxyl groups is 1. The maximum Gasteiger partial charge on any atom is 0.425 e. The molecule has 0 saturated heterocycles. The fraction of sp³-hybridized carbons (Fsp3) is 0.0741. The van der Waals surface area contributed by atoms with Crippen molar-refractivity contribution in [1.82, 2.24) is 9.78 Å². The molecule has 0 bridgehead atoms. The van der Waals surface area contributed by atoms with Crippen LogP contribution in [0.15, 0.2) is 109 Å². The third-order valence-electron chi connectivity index (χ3n) is 5.81. The molecule has 6 heteroatoms. The van der Waals surface area contributed by atoms with Gasteiger partial charge in [-0.3, -0.25) is 0 Å². The summed E-state index contributed by atoms with van der Waals surface area (Å²) in [5, 5.41) is 15.9. The molecule has 1 unspecified atom stereocenters. The van der Waals surface area contributed by atoms with E-state index in [0.29, 0.717) is 10.9 Å². The zero-order valence-electron chi connectivity index (χ0n) is 17.4. The standard InChI is InChI=1S/C27H19F3N2O/c28-27(29,30)26(33,22-13-11-20(12-14-22)19-7-3-1-4-8-19)23-15-16-25-21(17-23)18-31-32(25)24-9-5-2-6-10-24/h1-18,33H. The van der Waals surface area contributed by atoms with E-state index < -0.39 is 11.8 Å². The van der Waals surface area contributed by atoms with Crippen molar-refractivity contribution in [3.05, 3.63) is 120 Å². The monoisotopic (exact) mass is 444 g/mol. The van der Waals surface area contributed by atoms with Gasteiger partial charge in [-0.2, -0.15) is 18.3 Å². The van der Waals surface area contributed by atoms with Gasteiger partial charge in [-0.1, -0.05) is 78.9 Å². The summed E-state index contributed by atoms with van der Waals surface area (Å²) < 4.78 is 44.5. The Labute approximate surface area is 188 Å². The summed E-state index contributed by atoms with van der Waals surface area (Å²) in [5.74, 6) is 0. The summed E-state index contributed by atoms with van der Waals surface area (Å²) in [5.41, 5.74) is -0.577. The fourth-order valence-corrected chi connectivity index (χ4v) is 4.06. The average molecular weight is 444 g/mol. The Morgan fingerprint density at radius 2 is 1.24 bits per heavy atom. The third-order valence-corrected chi connectivity index (χ3v) is 5.81. The first kappa shape index (κ1) is 21.0. The van der Waals surface area contributed by atoms with Crippen LogP contribution in [0.5, 0.6) is 0 Å². The van der Waals surface area contributed by atoms with E-state index in [0.717, 1.165) is 16.8 Å². The first-order valence-corrected chi connectivity index (χ1v) is 10.4. The van der Waals surface area contributed by atoms with E-state index in [1.54, 1.807) is 22.9 Å². The Morgan fingerprint density at radius 3 is 1.88 bits per heavy atom. The molecule has 0 aliphatic rings. The van der Waals surface area contributed by atoms with Crippen LogP contribution in [0.3, 0.4) is 0 Å². The molecule has 0 aliphatic heterocycles. The second-order valence-corrected chi connectivity index (χ2v) is 7.82. The van der Waals surface area contributed by atoms with E-state index >= 15 is 0 Å². The highest BCUT2D eigenvalue weighted by atomic mass is 19.4. The van der Waals surface area contributed by atoms with Crippen LogP contribution < -0.4 is 0 Å². The van der Waals surface area contributed by atoms with E-state index in [1.165, 1.54) is 30.5 Å². The predicted octanol–water partition coefficient (Wildman–Crippen LogP) is 6.49. The van der Waals surface area contributed by atoms with Crippen molar-refractivity contribution in [1.29, 1.82) is 0 Å². The van der Waals surface area contributed by atoms with Crippen molar-refractivity contribution < 1.29 is 18.3 Å². The van der Waals surface area contributed by atoms with Gasteiger partial charge in [-0.25, -0.2) is 4.68 Å². The highest BCUT2D eigenvalue weighted by Gasteiger charge is 2.56. The Balaban J connectivity index is 1.59. The van der Waals surface area contributed by atoms with E-state index in [9.17, 15) is 18.3 Å². The van der Waals surface area contributed by atoms with Crippen molar-refractivity contribution in [3.8, 4) is 16.8 Å². The quantitative estimate of drug-likeness (QED) is 0.344. The summed E-state index contributed by atoms with van der Waals surface area (Å²) in [4.78, 5) is 0. The zero-order valence-corrected chi connectivity index (χ0v) is 17.4. The molecular weight excluding hydrogens is 425 g/mol. The lowest BCUT2D eigenvalue weighted by Gasteiger charge is -2.31. The minimum Gasteiger partial charge on any atom is -0.372 e. The van der Waals surface area contributed by atoms with E-state index in [1.807, 2.05) is 60.7 Å². The topological polar surface area (TPSA) is 38.1 Å². The van der Waals surface area contributed by atoms with Crippen LogP contribution in [0.4, 0.5) is 13.2 Å². The van der Waals surface area contributed by atoms with Crippen LogP contribution >= 0.6 is 0 Å². The van der Waals surface area contributed by atoms with Crippen LogP contribution in [0.1, 0.15) is 11.1 Å². The number of para-hydroxylation sites is 1. The van der Waals surface area contributed by atoms with Crippen LogP contribution in [-0.4, -0.2) is 21.1 Å². The summed E-state index contributed by atoms with van der Waals surface area (Å²) >= 11 is 0. The fourth-order valence-electron chi connectivity index (χ4n) is 4.06. The lowest BCUT2D eigenvalue weighted by molar-refractivity contribution is -0.248. The SMILES string of the molecule is OC(c1ccc(-c2ccccc2)cc1)(c1ccc2c(cnn2-c2ccccc2)c1)C(F)(F)F. The normalized spacial score (nSPS) is 13.7. The van der Waals surface area contributed by atoms with Gasteiger partial charge in [0.05, 0.1) is 17.4 Å². The first-order chi connectivity index (χ1) is 15.9.